The third-order valence-corrected chi connectivity index (χ3v) is 4.40. The van der Waals surface area contributed by atoms with Crippen LogP contribution >= 0.6 is 0 Å². The Balaban J connectivity index is 1.73. The smallest absolute Gasteiger partial charge is 0.196 e. The summed E-state index contributed by atoms with van der Waals surface area (Å²) in [5.41, 5.74) is -0.0609. The number of anilines is 1. The molecule has 2 aliphatic rings. The van der Waals surface area contributed by atoms with Crippen molar-refractivity contribution in [1.29, 1.82) is 0 Å². The zero-order chi connectivity index (χ0) is 14.2. The van der Waals surface area contributed by atoms with Gasteiger partial charge in [0.05, 0.1) is 11.3 Å². The van der Waals surface area contributed by atoms with Crippen LogP contribution in [0.3, 0.4) is 0 Å². The molecule has 20 heavy (non-hydrogen) atoms. The molecule has 0 amide bonds. The lowest BCUT2D eigenvalue weighted by Gasteiger charge is -2.39. The van der Waals surface area contributed by atoms with Gasteiger partial charge in [0.1, 0.15) is 0 Å². The van der Waals surface area contributed by atoms with Crippen molar-refractivity contribution in [3.05, 3.63) is 29.6 Å². The fraction of sp³-hybridized carbons (Fsp3) is 0.600. The van der Waals surface area contributed by atoms with Crippen LogP contribution in [0.5, 0.6) is 0 Å². The predicted octanol–water partition coefficient (Wildman–Crippen LogP) is 4.01. The minimum atomic E-state index is -1.42. The van der Waals surface area contributed by atoms with E-state index in [2.05, 4.69) is 5.32 Å². The van der Waals surface area contributed by atoms with Crippen LogP contribution in [0.2, 0.25) is 0 Å². The van der Waals surface area contributed by atoms with E-state index >= 15 is 0 Å². The molecule has 1 N–H and O–H groups in total. The molecule has 0 radical (unpaired) electrons. The molecule has 0 aromatic heterocycles. The maximum Gasteiger partial charge on any atom is 0.196 e. The molecule has 5 heteroatoms. The normalized spacial score (nSPS) is 25.1. The van der Waals surface area contributed by atoms with Crippen molar-refractivity contribution in [3.8, 4) is 0 Å². The Kier molecular flexibility index (Phi) is 3.63. The maximum absolute atomic E-state index is 13.7. The van der Waals surface area contributed by atoms with E-state index in [9.17, 15) is 13.2 Å². The Morgan fingerprint density at radius 1 is 1.10 bits per heavy atom. The molecule has 1 saturated heterocycles. The van der Waals surface area contributed by atoms with Crippen LogP contribution < -0.4 is 5.32 Å². The van der Waals surface area contributed by atoms with Gasteiger partial charge in [0.15, 0.2) is 17.5 Å². The number of rotatable bonds is 2. The summed E-state index contributed by atoms with van der Waals surface area (Å²) in [7, 11) is 0. The van der Waals surface area contributed by atoms with Crippen LogP contribution in [0, 0.1) is 17.5 Å². The second-order valence-electron chi connectivity index (χ2n) is 5.80. The van der Waals surface area contributed by atoms with E-state index in [0.29, 0.717) is 6.61 Å². The van der Waals surface area contributed by atoms with Gasteiger partial charge in [-0.25, -0.2) is 13.2 Å². The molecule has 1 spiro atoms. The summed E-state index contributed by atoms with van der Waals surface area (Å²) in [6.07, 6.45) is 5.93. The Hall–Kier alpha value is -1.23. The lowest BCUT2D eigenvalue weighted by molar-refractivity contribution is -0.0767. The molecule has 110 valence electrons. The van der Waals surface area contributed by atoms with Gasteiger partial charge < -0.3 is 10.1 Å². The Bertz CT molecular complexity index is 500. The fourth-order valence-corrected chi connectivity index (χ4v) is 3.38. The molecule has 1 aliphatic carbocycles. The minimum absolute atomic E-state index is 0.0314. The number of ether oxygens (including phenoxy) is 1. The SMILES string of the molecule is Fc1ccc(NC2CCOC3(CCCC3)C2)c(F)c1F. The second kappa shape index (κ2) is 5.28. The number of benzene rings is 1. The highest BCUT2D eigenvalue weighted by Crippen LogP contribution is 2.40. The lowest BCUT2D eigenvalue weighted by Crippen LogP contribution is -2.42. The van der Waals surface area contributed by atoms with E-state index in [1.807, 2.05) is 0 Å². The average Bonchev–Trinajstić information content (AvgIpc) is 2.88. The van der Waals surface area contributed by atoms with Crippen LogP contribution in [0.25, 0.3) is 0 Å². The molecule has 1 aliphatic heterocycles. The summed E-state index contributed by atoms with van der Waals surface area (Å²) in [5.74, 6) is -3.72. The molecule has 3 rings (SSSR count). The van der Waals surface area contributed by atoms with Crippen molar-refractivity contribution in [2.75, 3.05) is 11.9 Å². The Morgan fingerprint density at radius 3 is 2.60 bits per heavy atom. The molecule has 1 aromatic rings. The summed E-state index contributed by atoms with van der Waals surface area (Å²) in [6, 6.07) is 2.25. The average molecular weight is 285 g/mol. The Labute approximate surface area is 116 Å². The molecular formula is C15H18F3NO. The van der Waals surface area contributed by atoms with E-state index in [4.69, 9.17) is 4.74 Å². The van der Waals surface area contributed by atoms with Gasteiger partial charge in [-0.2, -0.15) is 0 Å². The summed E-state index contributed by atoms with van der Waals surface area (Å²) in [5, 5.41) is 3.01. The van der Waals surface area contributed by atoms with Gasteiger partial charge in [-0.3, -0.25) is 0 Å². The first-order valence-corrected chi connectivity index (χ1v) is 7.14. The number of hydrogen-bond acceptors (Lipinski definition) is 2. The number of halogens is 3. The second-order valence-corrected chi connectivity index (χ2v) is 5.80. The number of hydrogen-bond donors (Lipinski definition) is 1. The highest BCUT2D eigenvalue weighted by molar-refractivity contribution is 5.46. The molecule has 0 bridgehead atoms. The quantitative estimate of drug-likeness (QED) is 0.829. The largest absolute Gasteiger partial charge is 0.380 e. The molecule has 1 unspecified atom stereocenters. The molecule has 2 fully saturated rings. The van der Waals surface area contributed by atoms with Crippen molar-refractivity contribution < 1.29 is 17.9 Å². The highest BCUT2D eigenvalue weighted by Gasteiger charge is 2.40. The third kappa shape index (κ3) is 2.51. The van der Waals surface area contributed by atoms with Gasteiger partial charge in [0, 0.05) is 12.6 Å². The van der Waals surface area contributed by atoms with Crippen molar-refractivity contribution in [2.45, 2.75) is 50.2 Å². The van der Waals surface area contributed by atoms with Gasteiger partial charge >= 0.3 is 0 Å². The predicted molar refractivity (Wildman–Crippen MR) is 70.1 cm³/mol. The van der Waals surface area contributed by atoms with Gasteiger partial charge in [-0.05, 0) is 37.8 Å². The van der Waals surface area contributed by atoms with Gasteiger partial charge in [-0.15, -0.1) is 0 Å². The van der Waals surface area contributed by atoms with Gasteiger partial charge in [0.2, 0.25) is 0 Å². The molecule has 1 heterocycles. The van der Waals surface area contributed by atoms with E-state index in [1.165, 1.54) is 6.07 Å². The van der Waals surface area contributed by atoms with Crippen LogP contribution in [0.4, 0.5) is 18.9 Å². The topological polar surface area (TPSA) is 21.3 Å². The van der Waals surface area contributed by atoms with E-state index in [1.54, 1.807) is 0 Å². The van der Waals surface area contributed by atoms with Crippen LogP contribution in [-0.4, -0.2) is 18.2 Å². The maximum atomic E-state index is 13.7. The molecule has 2 nitrogen and oxygen atoms in total. The van der Waals surface area contributed by atoms with E-state index in [-0.39, 0.29) is 17.3 Å². The molecule has 1 aromatic carbocycles. The van der Waals surface area contributed by atoms with Crippen molar-refractivity contribution in [1.82, 2.24) is 0 Å². The van der Waals surface area contributed by atoms with Gasteiger partial charge in [0.25, 0.3) is 0 Å². The van der Waals surface area contributed by atoms with Crippen LogP contribution in [-0.2, 0) is 4.74 Å². The zero-order valence-corrected chi connectivity index (χ0v) is 11.2. The Morgan fingerprint density at radius 2 is 1.85 bits per heavy atom. The summed E-state index contributed by atoms with van der Waals surface area (Å²) in [6.45, 7) is 0.628. The number of nitrogens with one attached hydrogen (secondary N) is 1. The standard InChI is InChI=1S/C15H18F3NO/c16-11-3-4-12(14(18)13(11)17)19-10-5-8-20-15(9-10)6-1-2-7-15/h3-4,10,19H,1-2,5-9H2. The zero-order valence-electron chi connectivity index (χ0n) is 11.2. The molecule has 1 atom stereocenters. The third-order valence-electron chi connectivity index (χ3n) is 4.40. The van der Waals surface area contributed by atoms with Crippen molar-refractivity contribution in [3.63, 3.8) is 0 Å². The monoisotopic (exact) mass is 285 g/mol. The van der Waals surface area contributed by atoms with Gasteiger partial charge in [-0.1, -0.05) is 12.8 Å². The summed E-state index contributed by atoms with van der Waals surface area (Å²) >= 11 is 0. The van der Waals surface area contributed by atoms with E-state index in [0.717, 1.165) is 44.6 Å². The molecular weight excluding hydrogens is 267 g/mol. The van der Waals surface area contributed by atoms with Crippen molar-refractivity contribution >= 4 is 5.69 Å². The highest BCUT2D eigenvalue weighted by atomic mass is 19.2. The first-order chi connectivity index (χ1) is 9.60. The van der Waals surface area contributed by atoms with Crippen LogP contribution in [0.1, 0.15) is 38.5 Å². The van der Waals surface area contributed by atoms with Crippen LogP contribution in [0.15, 0.2) is 12.1 Å². The summed E-state index contributed by atoms with van der Waals surface area (Å²) < 4.78 is 45.7. The fourth-order valence-electron chi connectivity index (χ4n) is 3.38. The first-order valence-electron chi connectivity index (χ1n) is 7.14. The minimum Gasteiger partial charge on any atom is -0.380 e. The summed E-state index contributed by atoms with van der Waals surface area (Å²) in [4.78, 5) is 0. The molecule has 1 saturated carbocycles. The van der Waals surface area contributed by atoms with E-state index < -0.39 is 17.5 Å². The lowest BCUT2D eigenvalue weighted by atomic mass is 9.89. The van der Waals surface area contributed by atoms with Crippen molar-refractivity contribution in [2.24, 2.45) is 0 Å². The first kappa shape index (κ1) is 13.7.